The molecule has 1 fully saturated rings. The molecule has 2 aromatic rings. The van der Waals surface area contributed by atoms with Crippen LogP contribution in [-0.4, -0.2) is 47.8 Å². The van der Waals surface area contributed by atoms with Gasteiger partial charge in [-0.3, -0.25) is 9.59 Å². The Hall–Kier alpha value is -2.96. The number of carbonyl (C=O) groups excluding carboxylic acids is 2. The third-order valence-corrected chi connectivity index (χ3v) is 3.97. The Balaban J connectivity index is 1.58. The molecule has 3 rings (SSSR count). The fraction of sp³-hybridized carbons (Fsp3) is 0.222. The number of furan rings is 1. The Morgan fingerprint density at radius 2 is 1.76 bits per heavy atom. The molecule has 1 aliphatic heterocycles. The van der Waals surface area contributed by atoms with Gasteiger partial charge in [-0.2, -0.15) is 0 Å². The monoisotopic (exact) mass is 346 g/mol. The predicted octanol–water partition coefficient (Wildman–Crippen LogP) is 2.56. The van der Waals surface area contributed by atoms with E-state index in [-0.39, 0.29) is 24.6 Å². The molecular weight excluding hydrogens is 330 g/mol. The van der Waals surface area contributed by atoms with Gasteiger partial charge in [0.25, 0.3) is 5.91 Å². The minimum atomic E-state index is -0.884. The Labute approximate surface area is 143 Å². The van der Waals surface area contributed by atoms with Gasteiger partial charge in [0.1, 0.15) is 17.4 Å². The van der Waals surface area contributed by atoms with Gasteiger partial charge in [0.05, 0.1) is 11.8 Å². The fourth-order valence-corrected chi connectivity index (χ4v) is 2.61. The van der Waals surface area contributed by atoms with Crippen LogP contribution in [-0.2, 0) is 4.79 Å². The average Bonchev–Trinajstić information content (AvgIpc) is 3.13. The summed E-state index contributed by atoms with van der Waals surface area (Å²) in [6.45, 7) is 1.26. The Kier molecular flexibility index (Phi) is 4.92. The highest BCUT2D eigenvalue weighted by molar-refractivity contribution is 5.95. The minimum absolute atomic E-state index is 0.168. The third-order valence-electron chi connectivity index (χ3n) is 3.97. The van der Waals surface area contributed by atoms with Crippen molar-refractivity contribution >= 4 is 17.9 Å². The molecule has 0 spiro atoms. The topological polar surface area (TPSA) is 53.8 Å². The van der Waals surface area contributed by atoms with Crippen LogP contribution in [0.1, 0.15) is 16.1 Å². The van der Waals surface area contributed by atoms with Crippen molar-refractivity contribution in [3.63, 3.8) is 0 Å². The molecule has 0 bridgehead atoms. The van der Waals surface area contributed by atoms with E-state index >= 15 is 0 Å². The van der Waals surface area contributed by atoms with Gasteiger partial charge in [-0.15, -0.1) is 0 Å². The van der Waals surface area contributed by atoms with Crippen molar-refractivity contribution in [2.45, 2.75) is 0 Å². The summed E-state index contributed by atoms with van der Waals surface area (Å²) in [5.74, 6) is -1.72. The maximum Gasteiger partial charge on any atom is 0.256 e. The Bertz CT molecular complexity index is 795. The molecule has 5 nitrogen and oxygen atoms in total. The number of halogens is 2. The molecule has 0 atom stereocenters. The van der Waals surface area contributed by atoms with E-state index < -0.39 is 17.5 Å². The zero-order valence-electron chi connectivity index (χ0n) is 13.3. The molecule has 130 valence electrons. The van der Waals surface area contributed by atoms with Crippen LogP contribution in [0.3, 0.4) is 0 Å². The second-order valence-corrected chi connectivity index (χ2v) is 5.59. The molecule has 0 N–H and O–H groups in total. The van der Waals surface area contributed by atoms with E-state index in [0.29, 0.717) is 24.9 Å². The zero-order chi connectivity index (χ0) is 17.8. The normalized spacial score (nSPS) is 15.0. The highest BCUT2D eigenvalue weighted by Crippen LogP contribution is 2.14. The summed E-state index contributed by atoms with van der Waals surface area (Å²) in [5, 5.41) is 0. The second-order valence-electron chi connectivity index (χ2n) is 5.59. The lowest BCUT2D eigenvalue weighted by Crippen LogP contribution is -2.50. The van der Waals surface area contributed by atoms with Crippen molar-refractivity contribution in [2.75, 3.05) is 26.2 Å². The van der Waals surface area contributed by atoms with E-state index in [1.807, 2.05) is 0 Å². The van der Waals surface area contributed by atoms with Crippen LogP contribution in [0.2, 0.25) is 0 Å². The lowest BCUT2D eigenvalue weighted by molar-refractivity contribution is -0.127. The predicted molar refractivity (Wildman–Crippen MR) is 86.6 cm³/mol. The lowest BCUT2D eigenvalue weighted by Gasteiger charge is -2.34. The van der Waals surface area contributed by atoms with Crippen molar-refractivity contribution in [3.05, 3.63) is 65.6 Å². The molecule has 1 aliphatic rings. The first-order valence-corrected chi connectivity index (χ1v) is 7.79. The second kappa shape index (κ2) is 7.29. The molecule has 0 saturated carbocycles. The summed E-state index contributed by atoms with van der Waals surface area (Å²) in [7, 11) is 0. The van der Waals surface area contributed by atoms with E-state index in [9.17, 15) is 18.4 Å². The maximum atomic E-state index is 13.7. The van der Waals surface area contributed by atoms with Crippen molar-refractivity contribution in [1.82, 2.24) is 9.80 Å². The number of piperazine rings is 1. The Morgan fingerprint density at radius 3 is 2.40 bits per heavy atom. The van der Waals surface area contributed by atoms with Crippen LogP contribution in [0.15, 0.2) is 47.1 Å². The maximum absolute atomic E-state index is 13.7. The van der Waals surface area contributed by atoms with E-state index in [1.54, 1.807) is 23.1 Å². The number of hydrogen-bond donors (Lipinski definition) is 0. The number of hydrogen-bond acceptors (Lipinski definition) is 3. The number of nitrogens with zero attached hydrogens (tertiary/aromatic N) is 2. The molecule has 1 aromatic heterocycles. The van der Waals surface area contributed by atoms with E-state index in [2.05, 4.69) is 0 Å². The largest absolute Gasteiger partial charge is 0.465 e. The van der Waals surface area contributed by atoms with Crippen LogP contribution < -0.4 is 0 Å². The van der Waals surface area contributed by atoms with Gasteiger partial charge >= 0.3 is 0 Å². The van der Waals surface area contributed by atoms with Crippen LogP contribution >= 0.6 is 0 Å². The Morgan fingerprint density at radius 1 is 1.04 bits per heavy atom. The van der Waals surface area contributed by atoms with Crippen LogP contribution in [0.4, 0.5) is 8.78 Å². The van der Waals surface area contributed by atoms with E-state index in [0.717, 1.165) is 12.1 Å². The quantitative estimate of drug-likeness (QED) is 0.803. The van der Waals surface area contributed by atoms with E-state index in [1.165, 1.54) is 17.2 Å². The molecule has 1 saturated heterocycles. The number of benzene rings is 1. The number of carbonyl (C=O) groups is 2. The molecule has 2 heterocycles. The standard InChI is InChI=1S/C18H16F2N2O3/c19-13-3-5-15(16(20)12-13)18(24)22-9-7-21(8-10-22)17(23)6-4-14-2-1-11-25-14/h1-6,11-12H,7-10H2/b6-4+. The highest BCUT2D eigenvalue weighted by atomic mass is 19.1. The molecule has 0 unspecified atom stereocenters. The first-order valence-electron chi connectivity index (χ1n) is 7.79. The summed E-state index contributed by atoms with van der Waals surface area (Å²) >= 11 is 0. The van der Waals surface area contributed by atoms with Crippen LogP contribution in [0.25, 0.3) is 6.08 Å². The third kappa shape index (κ3) is 3.93. The lowest BCUT2D eigenvalue weighted by atomic mass is 10.1. The molecule has 7 heteroatoms. The summed E-state index contributed by atoms with van der Waals surface area (Å²) in [5.41, 5.74) is -0.168. The van der Waals surface area contributed by atoms with Gasteiger partial charge in [-0.25, -0.2) is 8.78 Å². The number of rotatable bonds is 3. The average molecular weight is 346 g/mol. The van der Waals surface area contributed by atoms with Gasteiger partial charge in [-0.05, 0) is 30.3 Å². The first kappa shape index (κ1) is 16.9. The highest BCUT2D eigenvalue weighted by Gasteiger charge is 2.25. The summed E-state index contributed by atoms with van der Waals surface area (Å²) in [6, 6.07) is 6.33. The summed E-state index contributed by atoms with van der Waals surface area (Å²) < 4.78 is 31.8. The zero-order valence-corrected chi connectivity index (χ0v) is 13.3. The van der Waals surface area contributed by atoms with Crippen molar-refractivity contribution in [3.8, 4) is 0 Å². The van der Waals surface area contributed by atoms with Gasteiger partial charge < -0.3 is 14.2 Å². The van der Waals surface area contributed by atoms with Gasteiger partial charge in [0.2, 0.25) is 5.91 Å². The van der Waals surface area contributed by atoms with Crippen LogP contribution in [0, 0.1) is 11.6 Å². The molecule has 0 radical (unpaired) electrons. The fourth-order valence-electron chi connectivity index (χ4n) is 2.61. The SMILES string of the molecule is O=C(/C=C/c1ccco1)N1CCN(C(=O)c2ccc(F)cc2F)CC1. The van der Waals surface area contributed by atoms with Gasteiger partial charge in [0, 0.05) is 38.3 Å². The van der Waals surface area contributed by atoms with Crippen molar-refractivity contribution in [2.24, 2.45) is 0 Å². The van der Waals surface area contributed by atoms with E-state index in [4.69, 9.17) is 4.42 Å². The summed E-state index contributed by atoms with van der Waals surface area (Å²) in [4.78, 5) is 27.5. The smallest absolute Gasteiger partial charge is 0.256 e. The molecular formula is C18H16F2N2O3. The van der Waals surface area contributed by atoms with Gasteiger partial charge in [0.15, 0.2) is 0 Å². The van der Waals surface area contributed by atoms with Crippen LogP contribution in [0.5, 0.6) is 0 Å². The molecule has 2 amide bonds. The molecule has 1 aromatic carbocycles. The molecule has 0 aliphatic carbocycles. The summed E-state index contributed by atoms with van der Waals surface area (Å²) in [6.07, 6.45) is 4.51. The molecule has 25 heavy (non-hydrogen) atoms. The minimum Gasteiger partial charge on any atom is -0.465 e. The van der Waals surface area contributed by atoms with Gasteiger partial charge in [-0.1, -0.05) is 0 Å². The van der Waals surface area contributed by atoms with Crippen molar-refractivity contribution in [1.29, 1.82) is 0 Å². The van der Waals surface area contributed by atoms with Crippen molar-refractivity contribution < 1.29 is 22.8 Å². The first-order chi connectivity index (χ1) is 12.0. The number of amides is 2.